The lowest BCUT2D eigenvalue weighted by Crippen LogP contribution is -2.44. The van der Waals surface area contributed by atoms with E-state index in [1.807, 2.05) is 59.5 Å². The monoisotopic (exact) mass is 735 g/mol. The fourth-order valence-corrected chi connectivity index (χ4v) is 8.16. The topological polar surface area (TPSA) is 102 Å². The van der Waals surface area contributed by atoms with Gasteiger partial charge >= 0.3 is 5.69 Å². The molecule has 0 spiro atoms. The molecule has 0 radical (unpaired) electrons. The number of aryl methyl sites for hydroxylation is 1. The maximum absolute atomic E-state index is 14.5. The van der Waals surface area contributed by atoms with E-state index in [0.29, 0.717) is 23.6 Å². The third kappa shape index (κ3) is 5.90. The summed E-state index contributed by atoms with van der Waals surface area (Å²) in [5, 5.41) is 13.8. The van der Waals surface area contributed by atoms with Crippen molar-refractivity contribution in [1.82, 2.24) is 18.6 Å². The standard InChI is InChI=1S/C44H38ClN5O4/c1-27(39-42(52)48(3)44(54)50(43(39)53)31-15-11-14-30(45)25-31)46-26-36-32-16-7-8-18-34(32)41(51)49(23-22-28-12-5-4-6-13-28)40(36)29-20-21-38-35(24-29)33-17-9-10-19-37(33)47(38)2/h4-21,24-25,36,40,52H,22-23,26H2,1-3H3/t36-,40-/m0/s1. The Bertz CT molecular complexity index is 2750. The van der Waals surface area contributed by atoms with Crippen molar-refractivity contribution in [2.24, 2.45) is 19.1 Å². The average Bonchev–Trinajstić information content (AvgIpc) is 3.47. The van der Waals surface area contributed by atoms with E-state index < -0.39 is 23.2 Å². The van der Waals surface area contributed by atoms with Crippen molar-refractivity contribution in [1.29, 1.82) is 0 Å². The molecule has 0 saturated heterocycles. The van der Waals surface area contributed by atoms with E-state index in [2.05, 4.69) is 54.1 Å². The minimum absolute atomic E-state index is 0.0541. The Morgan fingerprint density at radius 1 is 0.778 bits per heavy atom. The van der Waals surface area contributed by atoms with E-state index in [-0.39, 0.29) is 35.3 Å². The number of amides is 1. The lowest BCUT2D eigenvalue weighted by atomic mass is 9.79. The minimum atomic E-state index is -0.714. The number of hydrogen-bond acceptors (Lipinski definition) is 5. The molecule has 5 aromatic carbocycles. The van der Waals surface area contributed by atoms with Crippen LogP contribution in [0, 0.1) is 0 Å². The van der Waals surface area contributed by atoms with E-state index in [0.717, 1.165) is 47.6 Å². The summed E-state index contributed by atoms with van der Waals surface area (Å²) in [6, 6.07) is 38.5. The van der Waals surface area contributed by atoms with Crippen molar-refractivity contribution >= 4 is 45.0 Å². The number of aliphatic imine (C=N–C) groups is 1. The summed E-state index contributed by atoms with van der Waals surface area (Å²) in [5.41, 5.74) is 4.80. The van der Waals surface area contributed by atoms with Crippen molar-refractivity contribution in [2.45, 2.75) is 25.3 Å². The number of benzene rings is 5. The Labute approximate surface area is 316 Å². The normalized spacial score (nSPS) is 16.0. The number of fused-ring (bicyclic) bond motifs is 4. The summed E-state index contributed by atoms with van der Waals surface area (Å²) in [5.74, 6) is -0.852. The van der Waals surface area contributed by atoms with Gasteiger partial charge in [0.25, 0.3) is 11.5 Å². The summed E-state index contributed by atoms with van der Waals surface area (Å²) >= 11 is 6.23. The molecule has 9 nitrogen and oxygen atoms in total. The largest absolute Gasteiger partial charge is 0.494 e. The highest BCUT2D eigenvalue weighted by atomic mass is 35.5. The SMILES string of the molecule is CC(=NC[C@H]1c2ccccc2C(=O)N(CCc2ccccc2)[C@H]1c1ccc2c(c1)c1ccccc1n2C)c1c(O)n(C)c(=O)n(-c2cccc(Cl)c2)c1=O. The van der Waals surface area contributed by atoms with Gasteiger partial charge < -0.3 is 14.6 Å². The molecule has 1 N–H and O–H groups in total. The first-order valence-corrected chi connectivity index (χ1v) is 18.2. The van der Waals surface area contributed by atoms with Gasteiger partial charge in [0.2, 0.25) is 5.88 Å². The molecule has 270 valence electrons. The smallest absolute Gasteiger partial charge is 0.338 e. The van der Waals surface area contributed by atoms with Gasteiger partial charge in [0.1, 0.15) is 5.56 Å². The fourth-order valence-electron chi connectivity index (χ4n) is 7.97. The van der Waals surface area contributed by atoms with Crippen LogP contribution in [0.2, 0.25) is 5.02 Å². The summed E-state index contributed by atoms with van der Waals surface area (Å²) in [6.45, 7) is 2.32. The van der Waals surface area contributed by atoms with Crippen molar-refractivity contribution in [3.05, 3.63) is 175 Å². The van der Waals surface area contributed by atoms with Crippen molar-refractivity contribution in [3.63, 3.8) is 0 Å². The van der Waals surface area contributed by atoms with E-state index >= 15 is 0 Å². The van der Waals surface area contributed by atoms with Crippen molar-refractivity contribution < 1.29 is 9.90 Å². The number of aromatic nitrogens is 3. The predicted octanol–water partition coefficient (Wildman–Crippen LogP) is 7.57. The molecule has 3 heterocycles. The van der Waals surface area contributed by atoms with E-state index in [4.69, 9.17) is 16.6 Å². The lowest BCUT2D eigenvalue weighted by Gasteiger charge is -2.42. The number of rotatable bonds is 8. The second-order valence-electron chi connectivity index (χ2n) is 13.8. The molecule has 0 bridgehead atoms. The first-order valence-electron chi connectivity index (χ1n) is 17.9. The second kappa shape index (κ2) is 14.0. The quantitative estimate of drug-likeness (QED) is 0.163. The van der Waals surface area contributed by atoms with E-state index in [9.17, 15) is 19.5 Å². The van der Waals surface area contributed by atoms with Gasteiger partial charge in [-0.15, -0.1) is 0 Å². The molecular weight excluding hydrogens is 698 g/mol. The van der Waals surface area contributed by atoms with Crippen LogP contribution in [0.15, 0.2) is 136 Å². The zero-order chi connectivity index (χ0) is 37.7. The first-order chi connectivity index (χ1) is 26.1. The van der Waals surface area contributed by atoms with Crippen LogP contribution in [-0.4, -0.2) is 48.4 Å². The van der Waals surface area contributed by atoms with Crippen LogP contribution in [0.1, 0.15) is 51.5 Å². The fraction of sp³-hybridized carbons (Fsp3) is 0.182. The molecule has 0 unspecified atom stereocenters. The van der Waals surface area contributed by atoms with Crippen molar-refractivity contribution in [3.8, 4) is 11.6 Å². The number of hydrogen-bond donors (Lipinski definition) is 1. The van der Waals surface area contributed by atoms with Crippen LogP contribution >= 0.6 is 11.6 Å². The molecule has 2 aromatic heterocycles. The number of nitrogens with zero attached hydrogens (tertiary/aromatic N) is 5. The Morgan fingerprint density at radius 3 is 2.30 bits per heavy atom. The molecule has 1 aliphatic heterocycles. The molecule has 1 aliphatic rings. The molecule has 0 saturated carbocycles. The number of para-hydroxylation sites is 1. The molecule has 0 fully saturated rings. The van der Waals surface area contributed by atoms with Gasteiger partial charge in [0.05, 0.1) is 11.7 Å². The number of aromatic hydroxyl groups is 1. The van der Waals surface area contributed by atoms with Crippen LogP contribution in [0.3, 0.4) is 0 Å². The molecular formula is C44H38ClN5O4. The van der Waals surface area contributed by atoms with Gasteiger partial charge in [-0.25, -0.2) is 9.36 Å². The van der Waals surface area contributed by atoms with Gasteiger partial charge in [-0.1, -0.05) is 90.5 Å². The third-order valence-corrected chi connectivity index (χ3v) is 11.0. The van der Waals surface area contributed by atoms with Crippen LogP contribution in [-0.2, 0) is 20.5 Å². The zero-order valence-corrected chi connectivity index (χ0v) is 30.9. The number of halogens is 1. The Balaban J connectivity index is 1.28. The summed E-state index contributed by atoms with van der Waals surface area (Å²) in [4.78, 5) is 48.8. The Kier molecular flexibility index (Phi) is 9.03. The average molecular weight is 736 g/mol. The van der Waals surface area contributed by atoms with Crippen molar-refractivity contribution in [2.75, 3.05) is 13.1 Å². The second-order valence-corrected chi connectivity index (χ2v) is 14.2. The molecule has 54 heavy (non-hydrogen) atoms. The molecule has 10 heteroatoms. The molecule has 8 rings (SSSR count). The Morgan fingerprint density at radius 2 is 1.50 bits per heavy atom. The lowest BCUT2D eigenvalue weighted by molar-refractivity contribution is 0.0614. The van der Waals surface area contributed by atoms with Crippen LogP contribution in [0.4, 0.5) is 0 Å². The summed E-state index contributed by atoms with van der Waals surface area (Å²) < 4.78 is 4.20. The maximum atomic E-state index is 14.5. The van der Waals surface area contributed by atoms with Crippen LogP contribution < -0.4 is 11.2 Å². The highest BCUT2D eigenvalue weighted by Gasteiger charge is 2.40. The van der Waals surface area contributed by atoms with Crippen LogP contribution in [0.5, 0.6) is 5.88 Å². The van der Waals surface area contributed by atoms with E-state index in [1.54, 1.807) is 25.1 Å². The highest BCUT2D eigenvalue weighted by molar-refractivity contribution is 6.30. The van der Waals surface area contributed by atoms with Gasteiger partial charge in [-0.05, 0) is 72.5 Å². The molecule has 7 aromatic rings. The number of carbonyl (C=O) groups excluding carboxylic acids is 1. The highest BCUT2D eigenvalue weighted by Crippen LogP contribution is 2.44. The summed E-state index contributed by atoms with van der Waals surface area (Å²) in [6.07, 6.45) is 0.658. The molecule has 0 aliphatic carbocycles. The first kappa shape index (κ1) is 34.9. The third-order valence-electron chi connectivity index (χ3n) is 10.7. The maximum Gasteiger partial charge on any atom is 0.338 e. The van der Waals surface area contributed by atoms with Gasteiger partial charge in [-0.2, -0.15) is 0 Å². The molecule has 1 amide bonds. The minimum Gasteiger partial charge on any atom is -0.494 e. The Hall–Kier alpha value is -6.19. The number of carbonyl (C=O) groups is 1. The summed E-state index contributed by atoms with van der Waals surface area (Å²) in [7, 11) is 3.47. The van der Waals surface area contributed by atoms with Gasteiger partial charge in [0, 0.05) is 71.2 Å². The van der Waals surface area contributed by atoms with Gasteiger partial charge in [0.15, 0.2) is 0 Å². The zero-order valence-electron chi connectivity index (χ0n) is 30.1. The van der Waals surface area contributed by atoms with Gasteiger partial charge in [-0.3, -0.25) is 19.1 Å². The molecule has 2 atom stereocenters. The predicted molar refractivity (Wildman–Crippen MR) is 215 cm³/mol. The van der Waals surface area contributed by atoms with Crippen LogP contribution in [0.25, 0.3) is 27.5 Å². The van der Waals surface area contributed by atoms with E-state index in [1.165, 1.54) is 13.1 Å².